The smallest absolute Gasteiger partial charge is 0.350 e. The first kappa shape index (κ1) is 21.9. The first-order valence-corrected chi connectivity index (χ1v) is 11.1. The molecule has 1 saturated heterocycles. The number of ether oxygens (including phenoxy) is 2. The molecule has 0 spiro atoms. The van der Waals surface area contributed by atoms with Crippen molar-refractivity contribution in [2.24, 2.45) is 11.8 Å². The second-order valence-corrected chi connectivity index (χ2v) is 9.24. The normalized spacial score (nSPS) is 21.6. The number of H-pyrrole nitrogens is 1. The molecule has 2 N–H and O–H groups in total. The van der Waals surface area contributed by atoms with Gasteiger partial charge in [0.1, 0.15) is 10.6 Å². The number of nitrogens with one attached hydrogen (secondary N) is 2. The summed E-state index contributed by atoms with van der Waals surface area (Å²) < 4.78 is 9.50. The summed E-state index contributed by atoms with van der Waals surface area (Å²) in [6, 6.07) is 0.0387. The molecule has 2 aromatic rings. The van der Waals surface area contributed by atoms with E-state index in [0.717, 1.165) is 0 Å². The minimum atomic E-state index is -0.533. The number of fused-ring (bicyclic) bond motifs is 1. The van der Waals surface area contributed by atoms with Crippen LogP contribution in [0.1, 0.15) is 31.5 Å². The Kier molecular flexibility index (Phi) is 5.89. The predicted molar refractivity (Wildman–Crippen MR) is 115 cm³/mol. The van der Waals surface area contributed by atoms with Crippen molar-refractivity contribution in [1.82, 2.24) is 15.3 Å². The Morgan fingerprint density at radius 3 is 2.42 bits per heavy atom. The number of hydrogen-bond donors (Lipinski definition) is 2. The van der Waals surface area contributed by atoms with Gasteiger partial charge >= 0.3 is 11.9 Å². The number of thiazole rings is 1. The fourth-order valence-electron chi connectivity index (χ4n) is 3.90. The molecule has 31 heavy (non-hydrogen) atoms. The van der Waals surface area contributed by atoms with Crippen molar-refractivity contribution in [3.8, 4) is 0 Å². The van der Waals surface area contributed by atoms with Crippen molar-refractivity contribution in [3.05, 3.63) is 32.0 Å². The maximum Gasteiger partial charge on any atom is 0.350 e. The molecular weight excluding hydrogens is 467 g/mol. The van der Waals surface area contributed by atoms with Gasteiger partial charge in [-0.15, -0.1) is 0 Å². The van der Waals surface area contributed by atoms with Crippen LogP contribution in [0.5, 0.6) is 0 Å². The Bertz CT molecular complexity index is 1060. The number of aromatic nitrogens is 2. The summed E-state index contributed by atoms with van der Waals surface area (Å²) in [5.74, 6) is -0.762. The number of hydrogen-bond acceptors (Lipinski definition) is 8. The number of anilines is 1. The Balaban J connectivity index is 1.41. The minimum absolute atomic E-state index is 0.0387. The summed E-state index contributed by atoms with van der Waals surface area (Å²) in [7, 11) is 2.57. The summed E-state index contributed by atoms with van der Waals surface area (Å²) in [6.45, 7) is 3.11. The van der Waals surface area contributed by atoms with E-state index < -0.39 is 11.9 Å². The van der Waals surface area contributed by atoms with Gasteiger partial charge < -0.3 is 24.7 Å². The number of piperidine rings is 1. The molecule has 0 radical (unpaired) electrons. The van der Waals surface area contributed by atoms with Crippen molar-refractivity contribution >= 4 is 57.5 Å². The van der Waals surface area contributed by atoms with Gasteiger partial charge in [0.05, 0.1) is 36.4 Å². The quantitative estimate of drug-likeness (QED) is 0.602. The molecule has 1 amide bonds. The molecule has 166 valence electrons. The van der Waals surface area contributed by atoms with Crippen molar-refractivity contribution < 1.29 is 23.9 Å². The van der Waals surface area contributed by atoms with E-state index in [9.17, 15) is 14.4 Å². The molecule has 4 rings (SSSR count). The van der Waals surface area contributed by atoms with E-state index in [1.54, 1.807) is 6.92 Å². The molecule has 0 aromatic carbocycles. The lowest BCUT2D eigenvalue weighted by Crippen LogP contribution is -2.34. The highest BCUT2D eigenvalue weighted by atomic mass is 35.5. The molecule has 3 atom stereocenters. The van der Waals surface area contributed by atoms with Crippen molar-refractivity contribution in [2.75, 3.05) is 32.2 Å². The number of esters is 2. The Morgan fingerprint density at radius 2 is 1.87 bits per heavy atom. The van der Waals surface area contributed by atoms with E-state index in [0.29, 0.717) is 39.5 Å². The largest absolute Gasteiger partial charge is 0.469 e. The van der Waals surface area contributed by atoms with E-state index in [-0.39, 0.29) is 40.9 Å². The van der Waals surface area contributed by atoms with Gasteiger partial charge in [-0.2, -0.15) is 0 Å². The lowest BCUT2D eigenvalue weighted by atomic mass is 10.3. The van der Waals surface area contributed by atoms with Crippen molar-refractivity contribution in [1.29, 1.82) is 0 Å². The molecule has 1 unspecified atom stereocenters. The summed E-state index contributed by atoms with van der Waals surface area (Å²) >= 11 is 13.4. The van der Waals surface area contributed by atoms with Crippen LogP contribution in [0.15, 0.2) is 0 Å². The monoisotopic (exact) mass is 486 g/mol. The standard InChI is InChI=1S/C19H20Cl2N4O5S/c1-7-12(20)13(21)15(22-7)17(27)24-14-8-5-25(6-9(8)14)19-23-10(4-11(26)29-2)16(31-19)18(28)30-3/h8-9,14,22H,4-6H2,1-3H3,(H,24,27)/t8-,9+,14?. The third-order valence-electron chi connectivity index (χ3n) is 5.64. The Morgan fingerprint density at radius 1 is 1.19 bits per heavy atom. The average Bonchev–Trinajstić information content (AvgIpc) is 3.13. The highest BCUT2D eigenvalue weighted by Crippen LogP contribution is 2.48. The maximum atomic E-state index is 12.5. The molecule has 1 saturated carbocycles. The number of rotatable bonds is 6. The minimum Gasteiger partial charge on any atom is -0.469 e. The lowest BCUT2D eigenvalue weighted by Gasteiger charge is -2.19. The first-order valence-electron chi connectivity index (χ1n) is 9.49. The summed E-state index contributed by atoms with van der Waals surface area (Å²) in [5, 5.41) is 4.23. The van der Waals surface area contributed by atoms with Crippen molar-refractivity contribution in [3.63, 3.8) is 0 Å². The van der Waals surface area contributed by atoms with Gasteiger partial charge in [0, 0.05) is 36.7 Å². The highest BCUT2D eigenvalue weighted by molar-refractivity contribution is 7.17. The molecule has 2 aromatic heterocycles. The predicted octanol–water partition coefficient (Wildman–Crippen LogP) is 2.45. The van der Waals surface area contributed by atoms with Crippen LogP contribution in [0.25, 0.3) is 0 Å². The van der Waals surface area contributed by atoms with E-state index >= 15 is 0 Å². The van der Waals surface area contributed by atoms with Gasteiger partial charge in [-0.3, -0.25) is 9.59 Å². The molecule has 1 aliphatic heterocycles. The fourth-order valence-corrected chi connectivity index (χ4v) is 5.34. The second-order valence-electron chi connectivity index (χ2n) is 7.50. The van der Waals surface area contributed by atoms with Gasteiger partial charge in [0.2, 0.25) is 0 Å². The molecular formula is C19H20Cl2N4O5S. The molecule has 9 nitrogen and oxygen atoms in total. The number of carbonyl (C=O) groups is 3. The van der Waals surface area contributed by atoms with Crippen LogP contribution < -0.4 is 10.2 Å². The van der Waals surface area contributed by atoms with Gasteiger partial charge in [0.25, 0.3) is 5.91 Å². The third-order valence-corrected chi connectivity index (χ3v) is 7.73. The number of halogens is 2. The zero-order valence-electron chi connectivity index (χ0n) is 17.0. The topological polar surface area (TPSA) is 114 Å². The summed E-state index contributed by atoms with van der Waals surface area (Å²) in [4.78, 5) is 46.0. The fraction of sp³-hybridized carbons (Fsp3) is 0.474. The maximum absolute atomic E-state index is 12.5. The Labute approximate surface area is 192 Å². The van der Waals surface area contributed by atoms with E-state index in [1.807, 2.05) is 0 Å². The first-order chi connectivity index (χ1) is 14.7. The average molecular weight is 487 g/mol. The van der Waals surface area contributed by atoms with Crippen LogP contribution in [0, 0.1) is 18.8 Å². The number of carbonyl (C=O) groups excluding carboxylic acids is 3. The van der Waals surface area contributed by atoms with Crippen LogP contribution in [0.4, 0.5) is 5.13 Å². The van der Waals surface area contributed by atoms with Gasteiger partial charge in [0.15, 0.2) is 5.13 Å². The molecule has 1 aliphatic carbocycles. The number of amides is 1. The SMILES string of the molecule is COC(=O)Cc1nc(N2C[C@@H]3C(NC(=O)c4[nH]c(C)c(Cl)c4Cl)[C@@H]3C2)sc1C(=O)OC. The van der Waals surface area contributed by atoms with Crippen LogP contribution in [0.2, 0.25) is 10.0 Å². The molecule has 12 heteroatoms. The molecule has 0 bridgehead atoms. The summed E-state index contributed by atoms with van der Waals surface area (Å²) in [5.41, 5.74) is 1.26. The van der Waals surface area contributed by atoms with Crippen molar-refractivity contribution in [2.45, 2.75) is 19.4 Å². The molecule has 2 aliphatic rings. The highest BCUT2D eigenvalue weighted by Gasteiger charge is 2.57. The number of aryl methyl sites for hydroxylation is 1. The van der Waals surface area contributed by atoms with E-state index in [2.05, 4.69) is 24.9 Å². The van der Waals surface area contributed by atoms with Gasteiger partial charge in [-0.05, 0) is 6.92 Å². The second kappa shape index (κ2) is 8.33. The third kappa shape index (κ3) is 3.99. The van der Waals surface area contributed by atoms with Crippen LogP contribution in [0.3, 0.4) is 0 Å². The molecule has 2 fully saturated rings. The zero-order valence-corrected chi connectivity index (χ0v) is 19.3. The van der Waals surface area contributed by atoms with Crippen LogP contribution >= 0.6 is 34.5 Å². The zero-order chi connectivity index (χ0) is 22.4. The van der Waals surface area contributed by atoms with E-state index in [4.69, 9.17) is 27.9 Å². The molecule has 3 heterocycles. The summed E-state index contributed by atoms with van der Waals surface area (Å²) in [6.07, 6.45) is -0.101. The van der Waals surface area contributed by atoms with Gasteiger partial charge in [-0.25, -0.2) is 9.78 Å². The van der Waals surface area contributed by atoms with Crippen LogP contribution in [-0.4, -0.2) is 61.2 Å². The van der Waals surface area contributed by atoms with Gasteiger partial charge in [-0.1, -0.05) is 34.5 Å². The Hall–Kier alpha value is -2.30. The number of nitrogens with zero attached hydrogens (tertiary/aromatic N) is 2. The van der Waals surface area contributed by atoms with Crippen LogP contribution in [-0.2, 0) is 20.7 Å². The number of methoxy groups -OCH3 is 2. The number of aromatic amines is 1. The van der Waals surface area contributed by atoms with E-state index in [1.165, 1.54) is 25.6 Å². The lowest BCUT2D eigenvalue weighted by molar-refractivity contribution is -0.139.